The summed E-state index contributed by atoms with van der Waals surface area (Å²) >= 11 is 0. The Balaban J connectivity index is 2.22. The number of benzene rings is 2. The van der Waals surface area contributed by atoms with Crippen LogP contribution in [0.15, 0.2) is 67.3 Å². The topological polar surface area (TPSA) is 41.6 Å². The minimum atomic E-state index is -0.377. The fourth-order valence-electron chi connectivity index (χ4n) is 2.98. The lowest BCUT2D eigenvalue weighted by Crippen LogP contribution is -2.46. The summed E-state index contributed by atoms with van der Waals surface area (Å²) in [7, 11) is 5.44. The summed E-state index contributed by atoms with van der Waals surface area (Å²) in [5.41, 5.74) is 2.02. The summed E-state index contributed by atoms with van der Waals surface area (Å²) in [5, 5.41) is 3.03. The highest BCUT2D eigenvalue weighted by molar-refractivity contribution is 5.83. The number of hydrogen-bond donors (Lipinski definition) is 1. The second-order valence-electron chi connectivity index (χ2n) is 6.12. The van der Waals surface area contributed by atoms with Crippen LogP contribution in [0.25, 0.3) is 0 Å². The molecule has 2 rings (SSSR count). The molecule has 0 aromatic heterocycles. The van der Waals surface area contributed by atoms with E-state index >= 15 is 0 Å². The monoisotopic (exact) mass is 338 g/mol. The van der Waals surface area contributed by atoms with Gasteiger partial charge in [0.2, 0.25) is 5.91 Å². The molecule has 0 spiro atoms. The van der Waals surface area contributed by atoms with Gasteiger partial charge < -0.3 is 10.1 Å². The highest BCUT2D eigenvalue weighted by Gasteiger charge is 2.31. The standard InChI is InChI=1S/C21H26N2O2/c1-5-17(18-13-9-10-14-19(18)25-4)20(23(2)3)21(24)22-15-16-11-7-6-8-12-16/h5-14,17,20H,1,15H2,2-4H3,(H,22,24)/t17-,20-/m0/s1. The first-order valence-corrected chi connectivity index (χ1v) is 8.32. The van der Waals surface area contributed by atoms with Crippen molar-refractivity contribution in [1.82, 2.24) is 10.2 Å². The first-order valence-electron chi connectivity index (χ1n) is 8.32. The van der Waals surface area contributed by atoms with Gasteiger partial charge in [0.1, 0.15) is 5.75 Å². The molecule has 2 atom stereocenters. The highest BCUT2D eigenvalue weighted by atomic mass is 16.5. The van der Waals surface area contributed by atoms with E-state index in [4.69, 9.17) is 4.74 Å². The third-order valence-electron chi connectivity index (χ3n) is 4.23. The smallest absolute Gasteiger partial charge is 0.238 e. The molecule has 0 saturated heterocycles. The Kier molecular flexibility index (Phi) is 6.78. The number of likely N-dealkylation sites (N-methyl/N-ethyl adjacent to an activating group) is 1. The van der Waals surface area contributed by atoms with Crippen LogP contribution in [0.3, 0.4) is 0 Å². The normalized spacial score (nSPS) is 13.1. The summed E-state index contributed by atoms with van der Waals surface area (Å²) < 4.78 is 5.47. The van der Waals surface area contributed by atoms with Gasteiger partial charge in [0.25, 0.3) is 0 Å². The third-order valence-corrected chi connectivity index (χ3v) is 4.23. The number of rotatable bonds is 8. The molecule has 1 amide bonds. The van der Waals surface area contributed by atoms with Crippen molar-refractivity contribution in [2.75, 3.05) is 21.2 Å². The molecule has 2 aromatic carbocycles. The molecule has 1 N–H and O–H groups in total. The molecule has 0 saturated carbocycles. The van der Waals surface area contributed by atoms with E-state index in [0.717, 1.165) is 16.9 Å². The summed E-state index contributed by atoms with van der Waals surface area (Å²) in [6, 6.07) is 17.3. The van der Waals surface area contributed by atoms with E-state index in [9.17, 15) is 4.79 Å². The maximum absolute atomic E-state index is 12.9. The average Bonchev–Trinajstić information content (AvgIpc) is 2.64. The number of methoxy groups -OCH3 is 1. The van der Waals surface area contributed by atoms with Crippen LogP contribution in [0.2, 0.25) is 0 Å². The SMILES string of the molecule is C=C[C@@H](c1ccccc1OC)[C@@H](C(=O)NCc1ccccc1)N(C)C. The molecule has 25 heavy (non-hydrogen) atoms. The van der Waals surface area contributed by atoms with Crippen molar-refractivity contribution >= 4 is 5.91 Å². The van der Waals surface area contributed by atoms with Gasteiger partial charge in [-0.2, -0.15) is 0 Å². The van der Waals surface area contributed by atoms with E-state index in [1.807, 2.05) is 79.7 Å². The predicted molar refractivity (Wildman–Crippen MR) is 102 cm³/mol. The molecule has 0 aliphatic heterocycles. The third kappa shape index (κ3) is 4.70. The van der Waals surface area contributed by atoms with Gasteiger partial charge in [-0.1, -0.05) is 54.6 Å². The largest absolute Gasteiger partial charge is 0.496 e. The maximum atomic E-state index is 12.9. The lowest BCUT2D eigenvalue weighted by molar-refractivity contribution is -0.126. The van der Waals surface area contributed by atoms with Gasteiger partial charge in [0.15, 0.2) is 0 Å². The van der Waals surface area contributed by atoms with E-state index in [0.29, 0.717) is 6.54 Å². The molecule has 0 radical (unpaired) electrons. The second-order valence-corrected chi connectivity index (χ2v) is 6.12. The number of carbonyl (C=O) groups excluding carboxylic acids is 1. The van der Waals surface area contributed by atoms with Crippen molar-refractivity contribution in [3.8, 4) is 5.75 Å². The van der Waals surface area contributed by atoms with Crippen LogP contribution in [-0.4, -0.2) is 38.1 Å². The van der Waals surface area contributed by atoms with Gasteiger partial charge >= 0.3 is 0 Å². The number of nitrogens with zero attached hydrogens (tertiary/aromatic N) is 1. The Morgan fingerprint density at radius 1 is 1.16 bits per heavy atom. The van der Waals surface area contributed by atoms with Crippen LogP contribution in [0.4, 0.5) is 0 Å². The minimum absolute atomic E-state index is 0.0374. The Bertz CT molecular complexity index is 698. The number of amides is 1. The lowest BCUT2D eigenvalue weighted by atomic mass is 9.89. The zero-order valence-electron chi connectivity index (χ0n) is 15.1. The molecule has 0 heterocycles. The number of para-hydroxylation sites is 1. The maximum Gasteiger partial charge on any atom is 0.238 e. The van der Waals surface area contributed by atoms with Crippen molar-refractivity contribution in [2.24, 2.45) is 0 Å². The van der Waals surface area contributed by atoms with Crippen LogP contribution in [0, 0.1) is 0 Å². The fraction of sp³-hybridized carbons (Fsp3) is 0.286. The van der Waals surface area contributed by atoms with Crippen molar-refractivity contribution in [3.05, 3.63) is 78.4 Å². The molecule has 0 bridgehead atoms. The van der Waals surface area contributed by atoms with Crippen molar-refractivity contribution in [2.45, 2.75) is 18.5 Å². The van der Waals surface area contributed by atoms with Gasteiger partial charge in [0.05, 0.1) is 13.2 Å². The number of nitrogens with one attached hydrogen (secondary N) is 1. The van der Waals surface area contributed by atoms with Gasteiger partial charge in [0, 0.05) is 18.0 Å². The zero-order chi connectivity index (χ0) is 18.2. The van der Waals surface area contributed by atoms with E-state index < -0.39 is 0 Å². The van der Waals surface area contributed by atoms with E-state index in [-0.39, 0.29) is 17.9 Å². The molecule has 0 aliphatic carbocycles. The van der Waals surface area contributed by atoms with Gasteiger partial charge in [-0.15, -0.1) is 6.58 Å². The minimum Gasteiger partial charge on any atom is -0.496 e. The molecule has 4 heteroatoms. The van der Waals surface area contributed by atoms with Crippen molar-refractivity contribution in [1.29, 1.82) is 0 Å². The number of ether oxygens (including phenoxy) is 1. The first kappa shape index (κ1) is 18.7. The van der Waals surface area contributed by atoms with E-state index in [2.05, 4.69) is 11.9 Å². The Morgan fingerprint density at radius 3 is 2.40 bits per heavy atom. The second kappa shape index (κ2) is 9.04. The molecule has 4 nitrogen and oxygen atoms in total. The first-order chi connectivity index (χ1) is 12.1. The fourth-order valence-corrected chi connectivity index (χ4v) is 2.98. The molecule has 0 aliphatic rings. The van der Waals surface area contributed by atoms with Crippen LogP contribution in [0.1, 0.15) is 17.0 Å². The summed E-state index contributed by atoms with van der Waals surface area (Å²) in [4.78, 5) is 14.8. The Labute approximate surface area is 150 Å². The van der Waals surface area contributed by atoms with Crippen LogP contribution in [-0.2, 0) is 11.3 Å². The molecule has 0 unspecified atom stereocenters. The van der Waals surface area contributed by atoms with Gasteiger partial charge in [-0.25, -0.2) is 0 Å². The van der Waals surface area contributed by atoms with Gasteiger partial charge in [-0.05, 0) is 25.7 Å². The zero-order valence-corrected chi connectivity index (χ0v) is 15.1. The summed E-state index contributed by atoms with van der Waals surface area (Å²) in [6.45, 7) is 4.45. The molecule has 132 valence electrons. The van der Waals surface area contributed by atoms with Crippen LogP contribution >= 0.6 is 0 Å². The summed E-state index contributed by atoms with van der Waals surface area (Å²) in [5.74, 6) is 0.543. The van der Waals surface area contributed by atoms with Crippen LogP contribution in [0.5, 0.6) is 5.75 Å². The van der Waals surface area contributed by atoms with E-state index in [1.54, 1.807) is 7.11 Å². The number of hydrogen-bond acceptors (Lipinski definition) is 3. The van der Waals surface area contributed by atoms with Gasteiger partial charge in [-0.3, -0.25) is 9.69 Å². The quantitative estimate of drug-likeness (QED) is 0.752. The molecule has 2 aromatic rings. The summed E-state index contributed by atoms with van der Waals surface area (Å²) in [6.07, 6.45) is 1.81. The lowest BCUT2D eigenvalue weighted by Gasteiger charge is -2.30. The van der Waals surface area contributed by atoms with Crippen molar-refractivity contribution in [3.63, 3.8) is 0 Å². The Hall–Kier alpha value is -2.59. The average molecular weight is 338 g/mol. The van der Waals surface area contributed by atoms with E-state index in [1.165, 1.54) is 0 Å². The predicted octanol–water partition coefficient (Wildman–Crippen LogP) is 3.21. The number of carbonyl (C=O) groups is 1. The molecular weight excluding hydrogens is 312 g/mol. The molecule has 0 fully saturated rings. The Morgan fingerprint density at radius 2 is 1.80 bits per heavy atom. The molecular formula is C21H26N2O2. The van der Waals surface area contributed by atoms with Crippen molar-refractivity contribution < 1.29 is 9.53 Å². The highest BCUT2D eigenvalue weighted by Crippen LogP contribution is 2.31. The van der Waals surface area contributed by atoms with Crippen LogP contribution < -0.4 is 10.1 Å².